The van der Waals surface area contributed by atoms with E-state index in [1.807, 2.05) is 43.5 Å². The SMILES string of the molecule is CCOC(=O)c1ccccc1C=Cc1cc(N2CCCCC2)c(C)cn1.Cl. The Labute approximate surface area is 167 Å². The molecule has 0 aliphatic carbocycles. The van der Waals surface area contributed by atoms with Crippen LogP contribution in [0, 0.1) is 6.92 Å². The molecule has 1 aromatic heterocycles. The predicted molar refractivity (Wildman–Crippen MR) is 114 cm³/mol. The number of esters is 1. The monoisotopic (exact) mass is 386 g/mol. The molecule has 5 heteroatoms. The van der Waals surface area contributed by atoms with E-state index in [0.717, 1.165) is 24.3 Å². The van der Waals surface area contributed by atoms with Gasteiger partial charge in [0.15, 0.2) is 0 Å². The van der Waals surface area contributed by atoms with E-state index in [1.54, 1.807) is 6.07 Å². The van der Waals surface area contributed by atoms with Gasteiger partial charge in [-0.2, -0.15) is 0 Å². The van der Waals surface area contributed by atoms with Crippen molar-refractivity contribution in [3.8, 4) is 0 Å². The molecule has 27 heavy (non-hydrogen) atoms. The number of piperidine rings is 1. The summed E-state index contributed by atoms with van der Waals surface area (Å²) in [6.07, 6.45) is 9.65. The van der Waals surface area contributed by atoms with Crippen LogP contribution in [0.5, 0.6) is 0 Å². The van der Waals surface area contributed by atoms with Crippen molar-refractivity contribution in [1.29, 1.82) is 0 Å². The summed E-state index contributed by atoms with van der Waals surface area (Å²) in [5, 5.41) is 0. The van der Waals surface area contributed by atoms with Gasteiger partial charge < -0.3 is 9.64 Å². The molecule has 2 aromatic rings. The average Bonchev–Trinajstić information content (AvgIpc) is 2.68. The fraction of sp³-hybridized carbons (Fsp3) is 0.364. The van der Waals surface area contributed by atoms with Crippen molar-refractivity contribution in [2.24, 2.45) is 0 Å². The number of halogens is 1. The second-order valence-electron chi connectivity index (χ2n) is 6.58. The van der Waals surface area contributed by atoms with Gasteiger partial charge in [-0.05, 0) is 62.4 Å². The fourth-order valence-electron chi connectivity index (χ4n) is 3.31. The van der Waals surface area contributed by atoms with Gasteiger partial charge in [-0.3, -0.25) is 4.98 Å². The second kappa shape index (κ2) is 10.1. The van der Waals surface area contributed by atoms with Crippen LogP contribution in [0.4, 0.5) is 5.69 Å². The summed E-state index contributed by atoms with van der Waals surface area (Å²) in [7, 11) is 0. The zero-order valence-corrected chi connectivity index (χ0v) is 16.8. The molecule has 0 bridgehead atoms. The summed E-state index contributed by atoms with van der Waals surface area (Å²) in [5.74, 6) is -0.293. The number of hydrogen-bond acceptors (Lipinski definition) is 4. The zero-order chi connectivity index (χ0) is 18.4. The van der Waals surface area contributed by atoms with Crippen LogP contribution in [0.15, 0.2) is 36.5 Å². The van der Waals surface area contributed by atoms with E-state index in [0.29, 0.717) is 12.2 Å². The molecule has 1 aliphatic heterocycles. The van der Waals surface area contributed by atoms with Crippen LogP contribution in [0.25, 0.3) is 12.2 Å². The summed E-state index contributed by atoms with van der Waals surface area (Å²) in [6, 6.07) is 9.62. The van der Waals surface area contributed by atoms with Gasteiger partial charge in [0, 0.05) is 25.0 Å². The van der Waals surface area contributed by atoms with Crippen LogP contribution in [0.1, 0.15) is 53.4 Å². The van der Waals surface area contributed by atoms with Gasteiger partial charge in [-0.25, -0.2) is 4.79 Å². The number of aromatic nitrogens is 1. The number of aryl methyl sites for hydroxylation is 1. The Hall–Kier alpha value is -2.33. The first-order valence-corrected chi connectivity index (χ1v) is 9.35. The normalized spacial score (nSPS) is 14.1. The average molecular weight is 387 g/mol. The number of pyridine rings is 1. The maximum atomic E-state index is 12.1. The smallest absolute Gasteiger partial charge is 0.338 e. The van der Waals surface area contributed by atoms with Gasteiger partial charge in [0.2, 0.25) is 0 Å². The zero-order valence-electron chi connectivity index (χ0n) is 16.0. The molecule has 0 atom stereocenters. The number of carbonyl (C=O) groups is 1. The first-order valence-electron chi connectivity index (χ1n) is 9.35. The molecular weight excluding hydrogens is 360 g/mol. The fourth-order valence-corrected chi connectivity index (χ4v) is 3.31. The first-order chi connectivity index (χ1) is 12.7. The molecular formula is C22H27ClN2O2. The second-order valence-corrected chi connectivity index (χ2v) is 6.58. The number of benzene rings is 1. The number of anilines is 1. The number of rotatable bonds is 5. The van der Waals surface area contributed by atoms with Crippen LogP contribution in [0.2, 0.25) is 0 Å². The Morgan fingerprint density at radius 3 is 2.67 bits per heavy atom. The topological polar surface area (TPSA) is 42.4 Å². The Morgan fingerprint density at radius 1 is 1.19 bits per heavy atom. The van der Waals surface area contributed by atoms with Crippen LogP contribution in [-0.2, 0) is 4.74 Å². The highest BCUT2D eigenvalue weighted by Crippen LogP contribution is 2.25. The van der Waals surface area contributed by atoms with Gasteiger partial charge >= 0.3 is 5.97 Å². The van der Waals surface area contributed by atoms with Gasteiger partial charge in [0.1, 0.15) is 0 Å². The van der Waals surface area contributed by atoms with E-state index >= 15 is 0 Å². The molecule has 1 saturated heterocycles. The standard InChI is InChI=1S/C22H26N2O2.ClH/c1-3-26-22(25)20-10-6-5-9-18(20)11-12-19-15-21(17(2)16-23-19)24-13-7-4-8-14-24;/h5-6,9-12,15-16H,3-4,7-8,13-14H2,1-2H3;1H. The third-order valence-electron chi connectivity index (χ3n) is 4.68. The van der Waals surface area contributed by atoms with Gasteiger partial charge in [0.05, 0.1) is 17.9 Å². The molecule has 1 fully saturated rings. The third-order valence-corrected chi connectivity index (χ3v) is 4.68. The van der Waals surface area contributed by atoms with Crippen molar-refractivity contribution in [2.75, 3.05) is 24.6 Å². The third kappa shape index (κ3) is 5.33. The minimum atomic E-state index is -0.293. The molecule has 4 nitrogen and oxygen atoms in total. The summed E-state index contributed by atoms with van der Waals surface area (Å²) >= 11 is 0. The Balaban J connectivity index is 0.00000261. The Bertz CT molecular complexity index is 799. The summed E-state index contributed by atoms with van der Waals surface area (Å²) in [4.78, 5) is 19.1. The maximum absolute atomic E-state index is 12.1. The van der Waals surface area contributed by atoms with Gasteiger partial charge in [-0.1, -0.05) is 24.3 Å². The van der Waals surface area contributed by atoms with Crippen molar-refractivity contribution >= 4 is 36.2 Å². The summed E-state index contributed by atoms with van der Waals surface area (Å²) in [6.45, 7) is 6.52. The van der Waals surface area contributed by atoms with Crippen molar-refractivity contribution in [3.63, 3.8) is 0 Å². The molecule has 0 radical (unpaired) electrons. The lowest BCUT2D eigenvalue weighted by molar-refractivity contribution is 0.0526. The number of carbonyl (C=O) groups excluding carboxylic acids is 1. The first kappa shape index (κ1) is 21.0. The number of nitrogens with zero attached hydrogens (tertiary/aromatic N) is 2. The van der Waals surface area contributed by atoms with E-state index in [-0.39, 0.29) is 18.4 Å². The van der Waals surface area contributed by atoms with Gasteiger partial charge in [0.25, 0.3) is 0 Å². The van der Waals surface area contributed by atoms with Crippen molar-refractivity contribution in [2.45, 2.75) is 33.1 Å². The highest BCUT2D eigenvalue weighted by atomic mass is 35.5. The molecule has 2 heterocycles. The lowest BCUT2D eigenvalue weighted by Gasteiger charge is -2.30. The van der Waals surface area contributed by atoms with E-state index in [9.17, 15) is 4.79 Å². The Morgan fingerprint density at radius 2 is 1.93 bits per heavy atom. The molecule has 0 saturated carbocycles. The highest BCUT2D eigenvalue weighted by Gasteiger charge is 2.14. The molecule has 0 amide bonds. The van der Waals surface area contributed by atoms with E-state index in [1.165, 1.54) is 30.5 Å². The molecule has 1 aromatic carbocycles. The lowest BCUT2D eigenvalue weighted by atomic mass is 10.1. The maximum Gasteiger partial charge on any atom is 0.338 e. The van der Waals surface area contributed by atoms with Crippen LogP contribution in [-0.4, -0.2) is 30.6 Å². The van der Waals surface area contributed by atoms with Crippen molar-refractivity contribution in [3.05, 3.63) is 58.9 Å². The van der Waals surface area contributed by atoms with E-state index < -0.39 is 0 Å². The van der Waals surface area contributed by atoms with Crippen LogP contribution in [0.3, 0.4) is 0 Å². The number of hydrogen-bond donors (Lipinski definition) is 0. The van der Waals surface area contributed by atoms with Crippen LogP contribution < -0.4 is 4.90 Å². The molecule has 0 unspecified atom stereocenters. The molecule has 0 spiro atoms. The predicted octanol–water partition coefficient (Wildman–Crippen LogP) is 5.15. The van der Waals surface area contributed by atoms with E-state index in [2.05, 4.69) is 22.9 Å². The number of ether oxygens (including phenoxy) is 1. The van der Waals surface area contributed by atoms with Crippen LogP contribution >= 0.6 is 12.4 Å². The molecule has 3 rings (SSSR count). The molecule has 0 N–H and O–H groups in total. The van der Waals surface area contributed by atoms with Crippen molar-refractivity contribution < 1.29 is 9.53 Å². The highest BCUT2D eigenvalue weighted by molar-refractivity contribution is 5.94. The summed E-state index contributed by atoms with van der Waals surface area (Å²) in [5.41, 5.74) is 4.78. The minimum Gasteiger partial charge on any atom is -0.462 e. The van der Waals surface area contributed by atoms with Gasteiger partial charge in [-0.15, -0.1) is 12.4 Å². The quantitative estimate of drug-likeness (QED) is 0.666. The Kier molecular flexibility index (Phi) is 7.86. The molecule has 144 valence electrons. The largest absolute Gasteiger partial charge is 0.462 e. The molecule has 1 aliphatic rings. The van der Waals surface area contributed by atoms with E-state index in [4.69, 9.17) is 4.74 Å². The van der Waals surface area contributed by atoms with Crippen molar-refractivity contribution in [1.82, 2.24) is 4.98 Å². The lowest BCUT2D eigenvalue weighted by Crippen LogP contribution is -2.30. The summed E-state index contributed by atoms with van der Waals surface area (Å²) < 4.78 is 5.14. The minimum absolute atomic E-state index is 0.